The predicted molar refractivity (Wildman–Crippen MR) is 202 cm³/mol. The van der Waals surface area contributed by atoms with Gasteiger partial charge in [-0.1, -0.05) is 13.8 Å². The summed E-state index contributed by atoms with van der Waals surface area (Å²) in [6, 6.07) is 0. The van der Waals surface area contributed by atoms with Crippen molar-refractivity contribution in [1.82, 2.24) is 0 Å². The van der Waals surface area contributed by atoms with Crippen molar-refractivity contribution in [3.8, 4) is 0 Å². The van der Waals surface area contributed by atoms with Gasteiger partial charge in [-0.25, -0.2) is 0 Å². The van der Waals surface area contributed by atoms with Crippen LogP contribution in [-0.4, -0.2) is 107 Å². The van der Waals surface area contributed by atoms with E-state index in [2.05, 4.69) is 0 Å². The van der Waals surface area contributed by atoms with E-state index in [4.69, 9.17) is 33.2 Å². The van der Waals surface area contributed by atoms with Crippen LogP contribution in [0.2, 0.25) is 0 Å². The first kappa shape index (κ1) is 45.4. The summed E-state index contributed by atoms with van der Waals surface area (Å²) >= 11 is 0. The smallest absolute Gasteiger partial charge is 0.311 e. The lowest BCUT2D eigenvalue weighted by Gasteiger charge is -2.26. The van der Waals surface area contributed by atoms with Crippen molar-refractivity contribution in [3.63, 3.8) is 0 Å². The molecule has 0 aliphatic carbocycles. The SMILES string of the molecule is CCC(O)CC1CCC(C(C)C(=O)OC(C)CC2CCC(C(C)C(=O)OC(CC)CC3CCC(C(C)C(=O)OC(C)CC4CCC(C(C)C(=O)O)O4)O3)O2)O1. The standard InChI is InChI=1S/C42H70O13/c1-9-29(43)21-33-13-17-36(53-33)26(6)40(46)50-24(4)20-32-12-16-38(52-32)28(8)42(48)55-30(10-2)22-34-14-18-37(54-34)27(7)41(47)49-23(3)19-31-11-15-35(51-31)25(5)39(44)45/h23-38,43H,9-22H2,1-8H3,(H,44,45). The molecule has 0 radical (unpaired) electrons. The summed E-state index contributed by atoms with van der Waals surface area (Å²) in [5.74, 6) is -3.66. The van der Waals surface area contributed by atoms with Crippen LogP contribution in [0.1, 0.15) is 145 Å². The molecular weight excluding hydrogens is 712 g/mol. The second kappa shape index (κ2) is 21.4. The molecule has 0 aromatic rings. The van der Waals surface area contributed by atoms with Gasteiger partial charge < -0.3 is 43.4 Å². The molecule has 316 valence electrons. The molecular formula is C42H70O13. The Morgan fingerprint density at radius 3 is 1.22 bits per heavy atom. The van der Waals surface area contributed by atoms with Gasteiger partial charge in [0.15, 0.2) is 0 Å². The zero-order valence-electron chi connectivity index (χ0n) is 34.5. The fourth-order valence-corrected chi connectivity index (χ4v) is 8.49. The Balaban J connectivity index is 1.13. The number of carbonyl (C=O) groups is 4. The highest BCUT2D eigenvalue weighted by atomic mass is 16.6. The van der Waals surface area contributed by atoms with Crippen molar-refractivity contribution < 1.29 is 62.5 Å². The number of carboxylic acid groups (broad SMARTS) is 1. The van der Waals surface area contributed by atoms with Crippen molar-refractivity contribution in [3.05, 3.63) is 0 Å². The number of ether oxygens (including phenoxy) is 7. The normalized spacial score (nSPS) is 32.5. The number of hydrogen-bond acceptors (Lipinski definition) is 12. The van der Waals surface area contributed by atoms with Gasteiger partial charge in [0.25, 0.3) is 0 Å². The Kier molecular flexibility index (Phi) is 17.7. The first-order valence-electron chi connectivity index (χ1n) is 21.2. The van der Waals surface area contributed by atoms with Crippen LogP contribution >= 0.6 is 0 Å². The van der Waals surface area contributed by atoms with Gasteiger partial charge in [0, 0.05) is 19.3 Å². The molecule has 55 heavy (non-hydrogen) atoms. The van der Waals surface area contributed by atoms with Crippen LogP contribution in [-0.2, 0) is 52.3 Å². The monoisotopic (exact) mass is 782 g/mol. The average Bonchev–Trinajstić information content (AvgIpc) is 3.98. The van der Waals surface area contributed by atoms with Crippen molar-refractivity contribution >= 4 is 23.9 Å². The van der Waals surface area contributed by atoms with E-state index in [1.54, 1.807) is 6.92 Å². The van der Waals surface area contributed by atoms with Crippen LogP contribution in [0.25, 0.3) is 0 Å². The number of rotatable bonds is 21. The lowest BCUT2D eigenvalue weighted by Crippen LogP contribution is -2.34. The van der Waals surface area contributed by atoms with Gasteiger partial charge in [-0.05, 0) is 112 Å². The van der Waals surface area contributed by atoms with Crippen LogP contribution in [0.4, 0.5) is 0 Å². The highest BCUT2D eigenvalue weighted by Gasteiger charge is 2.40. The van der Waals surface area contributed by atoms with Crippen molar-refractivity contribution in [1.29, 1.82) is 0 Å². The molecule has 0 saturated carbocycles. The maximum absolute atomic E-state index is 13.3. The Bertz CT molecular complexity index is 1240. The van der Waals surface area contributed by atoms with Crippen LogP contribution in [0, 0.1) is 23.7 Å². The molecule has 0 aromatic heterocycles. The number of aliphatic hydroxyl groups excluding tert-OH is 1. The molecule has 0 amide bonds. The molecule has 13 nitrogen and oxygen atoms in total. The third kappa shape index (κ3) is 13.4. The van der Waals surface area contributed by atoms with Gasteiger partial charge in [-0.3, -0.25) is 19.2 Å². The van der Waals surface area contributed by atoms with E-state index in [9.17, 15) is 29.4 Å². The summed E-state index contributed by atoms with van der Waals surface area (Å²) in [5.41, 5.74) is 0. The molecule has 4 heterocycles. The van der Waals surface area contributed by atoms with E-state index < -0.39 is 29.6 Å². The second-order valence-corrected chi connectivity index (χ2v) is 17.0. The van der Waals surface area contributed by atoms with E-state index >= 15 is 0 Å². The minimum absolute atomic E-state index is 0.0277. The van der Waals surface area contributed by atoms with Crippen LogP contribution in [0.15, 0.2) is 0 Å². The molecule has 13 heteroatoms. The van der Waals surface area contributed by atoms with Crippen LogP contribution in [0.3, 0.4) is 0 Å². The van der Waals surface area contributed by atoms with Gasteiger partial charge in [0.05, 0.1) is 78.6 Å². The number of aliphatic hydroxyl groups is 1. The lowest BCUT2D eigenvalue weighted by atomic mass is 10.00. The number of carbonyl (C=O) groups excluding carboxylic acids is 3. The van der Waals surface area contributed by atoms with Gasteiger partial charge >= 0.3 is 23.9 Å². The maximum Gasteiger partial charge on any atom is 0.311 e. The molecule has 4 saturated heterocycles. The topological polar surface area (TPSA) is 173 Å². The summed E-state index contributed by atoms with van der Waals surface area (Å²) in [6.45, 7) is 14.8. The molecule has 0 bridgehead atoms. The predicted octanol–water partition coefficient (Wildman–Crippen LogP) is 6.32. The van der Waals surface area contributed by atoms with Gasteiger partial charge in [0.2, 0.25) is 0 Å². The fourth-order valence-electron chi connectivity index (χ4n) is 8.49. The summed E-state index contributed by atoms with van der Waals surface area (Å²) in [7, 11) is 0. The number of esters is 3. The Morgan fingerprint density at radius 2 is 0.855 bits per heavy atom. The summed E-state index contributed by atoms with van der Waals surface area (Å²) in [4.78, 5) is 50.5. The van der Waals surface area contributed by atoms with Gasteiger partial charge in [-0.2, -0.15) is 0 Å². The minimum Gasteiger partial charge on any atom is -0.481 e. The quantitative estimate of drug-likeness (QED) is 0.0979. The van der Waals surface area contributed by atoms with E-state index in [-0.39, 0.29) is 91.2 Å². The molecule has 0 spiro atoms. The van der Waals surface area contributed by atoms with Gasteiger partial charge in [0.1, 0.15) is 18.3 Å². The van der Waals surface area contributed by atoms with Gasteiger partial charge in [-0.15, -0.1) is 0 Å². The first-order valence-corrected chi connectivity index (χ1v) is 21.2. The summed E-state index contributed by atoms with van der Waals surface area (Å²) < 4.78 is 42.1. The van der Waals surface area contributed by atoms with E-state index in [1.807, 2.05) is 48.5 Å². The zero-order chi connectivity index (χ0) is 40.4. The maximum atomic E-state index is 13.3. The molecule has 4 aliphatic heterocycles. The number of hydrogen-bond donors (Lipinski definition) is 2. The Hall–Kier alpha value is -2.32. The van der Waals surface area contributed by atoms with Crippen molar-refractivity contribution in [2.24, 2.45) is 23.7 Å². The number of carboxylic acids is 1. The molecule has 0 aromatic carbocycles. The summed E-state index contributed by atoms with van der Waals surface area (Å²) in [6.07, 6.45) is 6.53. The zero-order valence-corrected chi connectivity index (χ0v) is 34.5. The number of aliphatic carboxylic acids is 1. The van der Waals surface area contributed by atoms with Crippen molar-refractivity contribution in [2.75, 3.05) is 0 Å². The van der Waals surface area contributed by atoms with E-state index in [1.165, 1.54) is 0 Å². The summed E-state index contributed by atoms with van der Waals surface area (Å²) in [5, 5.41) is 19.2. The molecule has 4 rings (SSSR count). The molecule has 2 N–H and O–H groups in total. The third-order valence-corrected chi connectivity index (χ3v) is 12.4. The minimum atomic E-state index is -0.871. The first-order chi connectivity index (χ1) is 26.1. The third-order valence-electron chi connectivity index (χ3n) is 12.4. The molecule has 16 unspecified atom stereocenters. The van der Waals surface area contributed by atoms with Crippen molar-refractivity contribution in [2.45, 2.75) is 219 Å². The van der Waals surface area contributed by atoms with E-state index in [0.717, 1.165) is 32.1 Å². The second-order valence-electron chi connectivity index (χ2n) is 17.0. The molecule has 4 aliphatic rings. The highest BCUT2D eigenvalue weighted by Crippen LogP contribution is 2.34. The van der Waals surface area contributed by atoms with E-state index in [0.29, 0.717) is 57.8 Å². The highest BCUT2D eigenvalue weighted by molar-refractivity contribution is 5.74. The lowest BCUT2D eigenvalue weighted by molar-refractivity contribution is -0.161. The van der Waals surface area contributed by atoms with Crippen LogP contribution in [0.5, 0.6) is 0 Å². The Morgan fingerprint density at radius 1 is 0.509 bits per heavy atom. The molecule has 16 atom stereocenters. The largest absolute Gasteiger partial charge is 0.481 e. The molecule has 4 fully saturated rings. The Labute approximate surface area is 328 Å². The van der Waals surface area contributed by atoms with Crippen LogP contribution < -0.4 is 0 Å². The average molecular weight is 783 g/mol. The fraction of sp³-hybridized carbons (Fsp3) is 0.905.